The average molecular weight is 196 g/mol. The van der Waals surface area contributed by atoms with E-state index in [4.69, 9.17) is 5.11 Å². The zero-order valence-corrected chi connectivity index (χ0v) is 8.73. The predicted octanol–water partition coefficient (Wildman–Crippen LogP) is 1.61. The van der Waals surface area contributed by atoms with Crippen LogP contribution in [0.15, 0.2) is 0 Å². The summed E-state index contributed by atoms with van der Waals surface area (Å²) in [7, 11) is 3.60. The van der Waals surface area contributed by atoms with Crippen molar-refractivity contribution in [1.29, 1.82) is 0 Å². The van der Waals surface area contributed by atoms with Crippen molar-refractivity contribution in [3.63, 3.8) is 0 Å². The van der Waals surface area contributed by atoms with Crippen LogP contribution in [0.2, 0.25) is 0 Å². The number of likely N-dealkylation sites (N-methyl/N-ethyl adjacent to an activating group) is 1. The van der Waals surface area contributed by atoms with Crippen LogP contribution in [0.4, 0.5) is 0 Å². The molecule has 0 aliphatic carbocycles. The number of halogens is 1. The van der Waals surface area contributed by atoms with E-state index in [0.717, 1.165) is 19.3 Å². The van der Waals surface area contributed by atoms with Crippen LogP contribution >= 0.6 is 12.4 Å². The molecular weight excluding hydrogens is 178 g/mol. The van der Waals surface area contributed by atoms with Crippen molar-refractivity contribution in [2.24, 2.45) is 0 Å². The molecule has 74 valence electrons. The Morgan fingerprint density at radius 3 is 2.25 bits per heavy atom. The van der Waals surface area contributed by atoms with Crippen LogP contribution < -0.4 is 0 Å². The number of carboxylic acids is 1. The van der Waals surface area contributed by atoms with Gasteiger partial charge in [0.15, 0.2) is 0 Å². The van der Waals surface area contributed by atoms with E-state index in [9.17, 15) is 4.79 Å². The molecule has 0 bridgehead atoms. The van der Waals surface area contributed by atoms with Crippen LogP contribution in [-0.4, -0.2) is 36.1 Å². The van der Waals surface area contributed by atoms with E-state index < -0.39 is 5.97 Å². The molecule has 12 heavy (non-hydrogen) atoms. The third-order valence-electron chi connectivity index (χ3n) is 1.74. The molecule has 0 aliphatic rings. The number of carbonyl (C=O) groups is 1. The zero-order chi connectivity index (χ0) is 8.85. The Bertz CT molecular complexity index is 128. The molecule has 0 aromatic carbocycles. The van der Waals surface area contributed by atoms with Crippen molar-refractivity contribution in [1.82, 2.24) is 4.90 Å². The lowest BCUT2D eigenvalue weighted by molar-refractivity contribution is -0.142. The number of aliphatic carboxylic acids is 1. The number of unbranched alkanes of at least 4 members (excludes halogenated alkanes) is 1. The Kier molecular flexibility index (Phi) is 8.76. The molecule has 0 radical (unpaired) electrons. The quantitative estimate of drug-likeness (QED) is 0.725. The lowest BCUT2D eigenvalue weighted by Gasteiger charge is -2.19. The average Bonchev–Trinajstić information content (AvgIpc) is 1.87. The molecule has 0 rings (SSSR count). The zero-order valence-electron chi connectivity index (χ0n) is 7.91. The first kappa shape index (κ1) is 14.3. The van der Waals surface area contributed by atoms with Gasteiger partial charge >= 0.3 is 5.97 Å². The Labute approximate surface area is 80.2 Å². The second-order valence-electron chi connectivity index (χ2n) is 2.96. The van der Waals surface area contributed by atoms with Crippen molar-refractivity contribution in [2.45, 2.75) is 32.2 Å². The van der Waals surface area contributed by atoms with Crippen molar-refractivity contribution in [2.75, 3.05) is 14.1 Å². The highest BCUT2D eigenvalue weighted by Gasteiger charge is 2.17. The molecule has 0 heterocycles. The van der Waals surface area contributed by atoms with Gasteiger partial charge in [0.2, 0.25) is 0 Å². The van der Waals surface area contributed by atoms with Crippen molar-refractivity contribution < 1.29 is 9.90 Å². The topological polar surface area (TPSA) is 40.5 Å². The summed E-state index contributed by atoms with van der Waals surface area (Å²) in [6, 6.07) is -0.310. The normalized spacial score (nSPS) is 12.3. The smallest absolute Gasteiger partial charge is 0.320 e. The minimum atomic E-state index is -0.719. The van der Waals surface area contributed by atoms with Gasteiger partial charge in [-0.05, 0) is 20.5 Å². The number of nitrogens with zero attached hydrogens (tertiary/aromatic N) is 1. The molecular formula is C8H18ClNO2. The highest BCUT2D eigenvalue weighted by Crippen LogP contribution is 2.05. The SMILES string of the molecule is CCCC[C@@H](C(=O)O)N(C)C.Cl. The Morgan fingerprint density at radius 2 is 2.00 bits per heavy atom. The first-order valence-corrected chi connectivity index (χ1v) is 3.98. The Hall–Kier alpha value is -0.280. The summed E-state index contributed by atoms with van der Waals surface area (Å²) in [4.78, 5) is 12.4. The maximum absolute atomic E-state index is 10.6. The molecule has 0 fully saturated rings. The van der Waals surface area contributed by atoms with Crippen LogP contribution in [0.25, 0.3) is 0 Å². The van der Waals surface area contributed by atoms with E-state index >= 15 is 0 Å². The molecule has 1 atom stereocenters. The largest absolute Gasteiger partial charge is 0.480 e. The van der Waals surface area contributed by atoms with E-state index in [2.05, 4.69) is 6.92 Å². The van der Waals surface area contributed by atoms with Crippen LogP contribution in [0.1, 0.15) is 26.2 Å². The molecule has 0 aromatic heterocycles. The highest BCUT2D eigenvalue weighted by molar-refractivity contribution is 5.85. The summed E-state index contributed by atoms with van der Waals surface area (Å²) in [5.74, 6) is -0.719. The van der Waals surface area contributed by atoms with Crippen molar-refractivity contribution in [3.05, 3.63) is 0 Å². The first-order valence-electron chi connectivity index (χ1n) is 3.98. The molecule has 0 amide bonds. The lowest BCUT2D eigenvalue weighted by Crippen LogP contribution is -2.35. The van der Waals surface area contributed by atoms with Crippen molar-refractivity contribution >= 4 is 18.4 Å². The fraction of sp³-hybridized carbons (Fsp3) is 0.875. The molecule has 3 nitrogen and oxygen atoms in total. The third-order valence-corrected chi connectivity index (χ3v) is 1.74. The molecule has 4 heteroatoms. The predicted molar refractivity (Wildman–Crippen MR) is 51.9 cm³/mol. The minimum absolute atomic E-state index is 0. The number of rotatable bonds is 5. The Morgan fingerprint density at radius 1 is 1.50 bits per heavy atom. The number of carboxylic acid groups (broad SMARTS) is 1. The van der Waals surface area contributed by atoms with E-state index in [-0.39, 0.29) is 18.4 Å². The van der Waals surface area contributed by atoms with Gasteiger partial charge in [-0.3, -0.25) is 9.69 Å². The van der Waals surface area contributed by atoms with E-state index in [1.54, 1.807) is 19.0 Å². The van der Waals surface area contributed by atoms with Crippen LogP contribution in [0, 0.1) is 0 Å². The molecule has 0 unspecified atom stereocenters. The fourth-order valence-corrected chi connectivity index (χ4v) is 1.00. The number of hydrogen-bond donors (Lipinski definition) is 1. The maximum Gasteiger partial charge on any atom is 0.320 e. The highest BCUT2D eigenvalue weighted by atomic mass is 35.5. The second kappa shape index (κ2) is 7.37. The van der Waals surface area contributed by atoms with E-state index in [1.165, 1.54) is 0 Å². The summed E-state index contributed by atoms with van der Waals surface area (Å²) < 4.78 is 0. The van der Waals surface area contributed by atoms with Gasteiger partial charge in [-0.1, -0.05) is 19.8 Å². The summed E-state index contributed by atoms with van der Waals surface area (Å²) >= 11 is 0. The summed E-state index contributed by atoms with van der Waals surface area (Å²) in [5.41, 5.74) is 0. The van der Waals surface area contributed by atoms with E-state index in [1.807, 2.05) is 0 Å². The summed E-state index contributed by atoms with van der Waals surface area (Å²) in [5, 5.41) is 8.73. The third kappa shape index (κ3) is 5.38. The molecule has 0 aromatic rings. The fourth-order valence-electron chi connectivity index (χ4n) is 1.00. The van der Waals surface area contributed by atoms with E-state index in [0.29, 0.717) is 0 Å². The second-order valence-corrected chi connectivity index (χ2v) is 2.96. The minimum Gasteiger partial charge on any atom is -0.480 e. The van der Waals surface area contributed by atoms with Gasteiger partial charge in [0.25, 0.3) is 0 Å². The summed E-state index contributed by atoms with van der Waals surface area (Å²) in [6.45, 7) is 2.06. The van der Waals surface area contributed by atoms with Crippen LogP contribution in [0.3, 0.4) is 0 Å². The number of hydrogen-bond acceptors (Lipinski definition) is 2. The first-order chi connectivity index (χ1) is 5.09. The van der Waals surface area contributed by atoms with Gasteiger partial charge in [-0.15, -0.1) is 12.4 Å². The van der Waals surface area contributed by atoms with Crippen molar-refractivity contribution in [3.8, 4) is 0 Å². The van der Waals surface area contributed by atoms with Gasteiger partial charge in [0, 0.05) is 0 Å². The van der Waals surface area contributed by atoms with Gasteiger partial charge in [-0.25, -0.2) is 0 Å². The van der Waals surface area contributed by atoms with Crippen LogP contribution in [-0.2, 0) is 4.79 Å². The summed E-state index contributed by atoms with van der Waals surface area (Å²) in [6.07, 6.45) is 2.78. The standard InChI is InChI=1S/C8H17NO2.ClH/c1-4-5-6-7(8(10)11)9(2)3;/h7H,4-6H2,1-3H3,(H,10,11);1H/t7-;/m0./s1. The monoisotopic (exact) mass is 195 g/mol. The maximum atomic E-state index is 10.6. The molecule has 0 aliphatic heterocycles. The van der Waals surface area contributed by atoms with Crippen LogP contribution in [0.5, 0.6) is 0 Å². The molecule has 0 saturated carbocycles. The van der Waals surface area contributed by atoms with Gasteiger partial charge < -0.3 is 5.11 Å². The molecule has 1 N–H and O–H groups in total. The molecule has 0 saturated heterocycles. The van der Waals surface area contributed by atoms with Gasteiger partial charge in [0.1, 0.15) is 6.04 Å². The van der Waals surface area contributed by atoms with Gasteiger partial charge in [-0.2, -0.15) is 0 Å². The molecule has 0 spiro atoms. The Balaban J connectivity index is 0. The lowest BCUT2D eigenvalue weighted by atomic mass is 10.1. The van der Waals surface area contributed by atoms with Gasteiger partial charge in [0.05, 0.1) is 0 Å².